The van der Waals surface area contributed by atoms with Gasteiger partial charge >= 0.3 is 0 Å². The number of aryl methyl sites for hydroxylation is 1. The number of benzene rings is 1. The van der Waals surface area contributed by atoms with Crippen molar-refractivity contribution in [2.75, 3.05) is 18.0 Å². The topological polar surface area (TPSA) is 41.9 Å². The highest BCUT2D eigenvalue weighted by molar-refractivity contribution is 5.76. The minimum absolute atomic E-state index is 0.480. The van der Waals surface area contributed by atoms with Crippen molar-refractivity contribution in [2.45, 2.75) is 19.3 Å². The average Bonchev–Trinajstić information content (AvgIpc) is 3.05. The van der Waals surface area contributed by atoms with Gasteiger partial charge in [-0.25, -0.2) is 9.97 Å². The highest BCUT2D eigenvalue weighted by Gasteiger charge is 2.27. The van der Waals surface area contributed by atoms with Crippen LogP contribution in [0.1, 0.15) is 23.7 Å². The fraction of sp³-hybridized carbons (Fsp3) is 0.278. The summed E-state index contributed by atoms with van der Waals surface area (Å²) >= 11 is 0. The fourth-order valence-corrected chi connectivity index (χ4v) is 3.19. The van der Waals surface area contributed by atoms with Gasteiger partial charge in [0.25, 0.3) is 0 Å². The monoisotopic (exact) mass is 290 g/mol. The molecule has 0 radical (unpaired) electrons. The van der Waals surface area contributed by atoms with Gasteiger partial charge in [0.2, 0.25) is 0 Å². The summed E-state index contributed by atoms with van der Waals surface area (Å²) in [5.74, 6) is 1.49. The molecule has 2 aromatic heterocycles. The first-order valence-electron chi connectivity index (χ1n) is 7.70. The van der Waals surface area contributed by atoms with Crippen molar-refractivity contribution in [1.82, 2.24) is 15.0 Å². The van der Waals surface area contributed by atoms with Crippen LogP contribution in [0, 0.1) is 6.92 Å². The molecular formula is C18H18N4. The molecule has 1 unspecified atom stereocenters. The van der Waals surface area contributed by atoms with Gasteiger partial charge in [0.1, 0.15) is 0 Å². The van der Waals surface area contributed by atoms with Crippen LogP contribution in [0.25, 0.3) is 11.0 Å². The Kier molecular flexibility index (Phi) is 3.22. The Balaban J connectivity index is 1.64. The van der Waals surface area contributed by atoms with E-state index in [0.717, 1.165) is 42.1 Å². The number of para-hydroxylation sites is 2. The predicted octanol–water partition coefficient (Wildman–Crippen LogP) is 3.33. The van der Waals surface area contributed by atoms with E-state index < -0.39 is 0 Å². The van der Waals surface area contributed by atoms with Crippen LogP contribution >= 0.6 is 0 Å². The first-order chi connectivity index (χ1) is 10.8. The maximum absolute atomic E-state index is 4.83. The number of hydrogen-bond acceptors (Lipinski definition) is 4. The van der Waals surface area contributed by atoms with Crippen molar-refractivity contribution < 1.29 is 0 Å². The molecule has 1 saturated heterocycles. The standard InChI is InChI=1S/C18H18N4/c1-13-18(21-17-8-3-2-7-16(17)20-13)22-11-9-14(12-22)15-6-4-5-10-19-15/h2-8,10,14H,9,11-12H2,1H3. The molecule has 0 saturated carbocycles. The van der Waals surface area contributed by atoms with Crippen molar-refractivity contribution in [3.8, 4) is 0 Å². The van der Waals surface area contributed by atoms with Crippen molar-refractivity contribution >= 4 is 16.9 Å². The molecule has 0 bridgehead atoms. The van der Waals surface area contributed by atoms with E-state index >= 15 is 0 Å². The zero-order valence-electron chi connectivity index (χ0n) is 12.6. The van der Waals surface area contributed by atoms with Crippen LogP contribution in [0.5, 0.6) is 0 Å². The molecule has 0 N–H and O–H groups in total. The van der Waals surface area contributed by atoms with Crippen LogP contribution in [0.3, 0.4) is 0 Å². The Bertz CT molecular complexity index is 801. The normalized spacial score (nSPS) is 18.0. The molecule has 3 heterocycles. The van der Waals surface area contributed by atoms with E-state index in [-0.39, 0.29) is 0 Å². The third-order valence-electron chi connectivity index (χ3n) is 4.31. The quantitative estimate of drug-likeness (QED) is 0.726. The third kappa shape index (κ3) is 2.30. The summed E-state index contributed by atoms with van der Waals surface area (Å²) in [6.45, 7) is 4.02. The largest absolute Gasteiger partial charge is 0.354 e. The molecule has 110 valence electrons. The molecule has 1 fully saturated rings. The number of fused-ring (bicyclic) bond motifs is 1. The molecule has 22 heavy (non-hydrogen) atoms. The Morgan fingerprint density at radius 1 is 1.00 bits per heavy atom. The molecular weight excluding hydrogens is 272 g/mol. The van der Waals surface area contributed by atoms with Crippen molar-refractivity contribution in [3.05, 3.63) is 60.0 Å². The van der Waals surface area contributed by atoms with E-state index in [2.05, 4.69) is 22.0 Å². The highest BCUT2D eigenvalue weighted by atomic mass is 15.2. The van der Waals surface area contributed by atoms with Crippen LogP contribution in [0.2, 0.25) is 0 Å². The Labute approximate surface area is 129 Å². The van der Waals surface area contributed by atoms with E-state index in [1.54, 1.807) is 0 Å². The molecule has 0 amide bonds. The van der Waals surface area contributed by atoms with Gasteiger partial charge in [0, 0.05) is 30.9 Å². The highest BCUT2D eigenvalue weighted by Crippen LogP contribution is 2.30. The zero-order valence-corrected chi connectivity index (χ0v) is 12.6. The molecule has 0 spiro atoms. The molecule has 4 nitrogen and oxygen atoms in total. The number of hydrogen-bond donors (Lipinski definition) is 0. The van der Waals surface area contributed by atoms with Gasteiger partial charge in [-0.1, -0.05) is 18.2 Å². The molecule has 1 atom stereocenters. The van der Waals surface area contributed by atoms with Crippen molar-refractivity contribution in [3.63, 3.8) is 0 Å². The minimum atomic E-state index is 0.480. The van der Waals surface area contributed by atoms with Crippen LogP contribution < -0.4 is 4.90 Å². The maximum Gasteiger partial charge on any atom is 0.150 e. The average molecular weight is 290 g/mol. The lowest BCUT2D eigenvalue weighted by Gasteiger charge is -2.19. The van der Waals surface area contributed by atoms with Gasteiger partial charge in [-0.3, -0.25) is 4.98 Å². The summed E-state index contributed by atoms with van der Waals surface area (Å²) in [4.78, 5) is 16.4. The van der Waals surface area contributed by atoms with Crippen molar-refractivity contribution in [1.29, 1.82) is 0 Å². The lowest BCUT2D eigenvalue weighted by molar-refractivity contribution is 0.743. The zero-order chi connectivity index (χ0) is 14.9. The number of aromatic nitrogens is 3. The third-order valence-corrected chi connectivity index (χ3v) is 4.31. The second-order valence-electron chi connectivity index (χ2n) is 5.81. The van der Waals surface area contributed by atoms with E-state index in [1.165, 1.54) is 5.69 Å². The fourth-order valence-electron chi connectivity index (χ4n) is 3.19. The molecule has 1 aliphatic rings. The predicted molar refractivity (Wildman–Crippen MR) is 88.1 cm³/mol. The number of rotatable bonds is 2. The molecule has 4 rings (SSSR count). The van der Waals surface area contributed by atoms with Crippen LogP contribution in [0.4, 0.5) is 5.82 Å². The van der Waals surface area contributed by atoms with Gasteiger partial charge in [-0.05, 0) is 37.6 Å². The maximum atomic E-state index is 4.83. The Hall–Kier alpha value is -2.49. The number of nitrogens with zero attached hydrogens (tertiary/aromatic N) is 4. The molecule has 3 aromatic rings. The lowest BCUT2D eigenvalue weighted by Crippen LogP contribution is -2.22. The van der Waals surface area contributed by atoms with E-state index in [0.29, 0.717) is 5.92 Å². The van der Waals surface area contributed by atoms with Crippen molar-refractivity contribution in [2.24, 2.45) is 0 Å². The number of pyridine rings is 1. The second-order valence-corrected chi connectivity index (χ2v) is 5.81. The van der Waals surface area contributed by atoms with Gasteiger partial charge in [-0.2, -0.15) is 0 Å². The molecule has 4 heteroatoms. The Morgan fingerprint density at radius 2 is 1.77 bits per heavy atom. The molecule has 1 aromatic carbocycles. The first-order valence-corrected chi connectivity index (χ1v) is 7.70. The lowest BCUT2D eigenvalue weighted by atomic mass is 10.0. The summed E-state index contributed by atoms with van der Waals surface area (Å²) < 4.78 is 0. The first kappa shape index (κ1) is 13.2. The van der Waals surface area contributed by atoms with E-state index in [4.69, 9.17) is 9.97 Å². The van der Waals surface area contributed by atoms with E-state index in [9.17, 15) is 0 Å². The summed E-state index contributed by atoms with van der Waals surface area (Å²) in [5.41, 5.74) is 4.10. The summed E-state index contributed by atoms with van der Waals surface area (Å²) in [6, 6.07) is 14.2. The summed E-state index contributed by atoms with van der Waals surface area (Å²) in [5, 5.41) is 0. The molecule has 0 aliphatic carbocycles. The Morgan fingerprint density at radius 3 is 2.55 bits per heavy atom. The van der Waals surface area contributed by atoms with Gasteiger partial charge in [0.05, 0.1) is 16.7 Å². The minimum Gasteiger partial charge on any atom is -0.354 e. The van der Waals surface area contributed by atoms with Gasteiger partial charge < -0.3 is 4.90 Å². The van der Waals surface area contributed by atoms with Crippen LogP contribution in [0.15, 0.2) is 48.7 Å². The van der Waals surface area contributed by atoms with Gasteiger partial charge in [-0.15, -0.1) is 0 Å². The smallest absolute Gasteiger partial charge is 0.150 e. The SMILES string of the molecule is Cc1nc2ccccc2nc1N1CCC(c2ccccn2)C1. The second kappa shape index (κ2) is 5.37. The summed E-state index contributed by atoms with van der Waals surface area (Å²) in [7, 11) is 0. The number of anilines is 1. The summed E-state index contributed by atoms with van der Waals surface area (Å²) in [6.07, 6.45) is 2.99. The van der Waals surface area contributed by atoms with E-state index in [1.807, 2.05) is 43.5 Å². The molecule has 1 aliphatic heterocycles. The van der Waals surface area contributed by atoms with Crippen LogP contribution in [-0.4, -0.2) is 28.0 Å². The van der Waals surface area contributed by atoms with Gasteiger partial charge in [0.15, 0.2) is 5.82 Å². The van der Waals surface area contributed by atoms with Crippen LogP contribution in [-0.2, 0) is 0 Å².